The lowest BCUT2D eigenvalue weighted by molar-refractivity contribution is -0.385. The van der Waals surface area contributed by atoms with Gasteiger partial charge in [-0.1, -0.05) is 0 Å². The fraction of sp³-hybridized carbons (Fsp3) is 0.538. The fourth-order valence-corrected chi connectivity index (χ4v) is 3.21. The van der Waals surface area contributed by atoms with Crippen molar-refractivity contribution in [2.24, 2.45) is 11.7 Å². The molecule has 0 bridgehead atoms. The molecule has 19 heavy (non-hydrogen) atoms. The zero-order valence-electron chi connectivity index (χ0n) is 10.9. The van der Waals surface area contributed by atoms with Crippen LogP contribution in [0, 0.1) is 19.6 Å². The van der Waals surface area contributed by atoms with E-state index in [0.717, 1.165) is 31.6 Å². The third-order valence-electron chi connectivity index (χ3n) is 3.69. The number of nitro benzene ring substituents is 1. The van der Waals surface area contributed by atoms with E-state index in [1.54, 1.807) is 6.07 Å². The van der Waals surface area contributed by atoms with Crippen LogP contribution >= 0.6 is 22.6 Å². The van der Waals surface area contributed by atoms with E-state index in [1.807, 2.05) is 41.6 Å². The van der Waals surface area contributed by atoms with Gasteiger partial charge >= 0.3 is 0 Å². The van der Waals surface area contributed by atoms with Crippen LogP contribution in [0.25, 0.3) is 0 Å². The Balaban J connectivity index is 2.18. The van der Waals surface area contributed by atoms with Crippen LogP contribution in [0.15, 0.2) is 18.2 Å². The Hall–Kier alpha value is -0.890. The van der Waals surface area contributed by atoms with Gasteiger partial charge < -0.3 is 10.6 Å². The van der Waals surface area contributed by atoms with Gasteiger partial charge in [0.25, 0.3) is 5.69 Å². The highest BCUT2D eigenvalue weighted by Crippen LogP contribution is 2.29. The molecule has 1 fully saturated rings. The molecule has 1 aliphatic heterocycles. The molecule has 2 atom stereocenters. The molecule has 0 aromatic heterocycles. The lowest BCUT2D eigenvalue weighted by Crippen LogP contribution is -2.42. The van der Waals surface area contributed by atoms with Crippen molar-refractivity contribution in [3.8, 4) is 0 Å². The van der Waals surface area contributed by atoms with Gasteiger partial charge in [-0.3, -0.25) is 10.1 Å². The van der Waals surface area contributed by atoms with Crippen molar-refractivity contribution in [1.29, 1.82) is 0 Å². The Morgan fingerprint density at radius 3 is 2.89 bits per heavy atom. The first-order valence-electron chi connectivity index (χ1n) is 6.43. The molecule has 1 saturated heterocycles. The van der Waals surface area contributed by atoms with Crippen molar-refractivity contribution < 1.29 is 4.92 Å². The summed E-state index contributed by atoms with van der Waals surface area (Å²) in [5, 5.41) is 10.8. The average molecular weight is 375 g/mol. The summed E-state index contributed by atoms with van der Waals surface area (Å²) < 4.78 is 0.683. The molecular weight excluding hydrogens is 357 g/mol. The highest BCUT2D eigenvalue weighted by Gasteiger charge is 2.23. The minimum Gasteiger partial charge on any atom is -0.371 e. The number of nitrogens with two attached hydrogens (primary N) is 1. The summed E-state index contributed by atoms with van der Waals surface area (Å²) in [4.78, 5) is 12.8. The maximum absolute atomic E-state index is 10.8. The van der Waals surface area contributed by atoms with E-state index in [9.17, 15) is 10.1 Å². The van der Waals surface area contributed by atoms with E-state index in [4.69, 9.17) is 5.73 Å². The molecule has 0 radical (unpaired) electrons. The number of hydrogen-bond donors (Lipinski definition) is 1. The second kappa shape index (κ2) is 6.04. The third kappa shape index (κ3) is 3.36. The molecule has 1 aromatic rings. The van der Waals surface area contributed by atoms with Crippen LogP contribution in [0.3, 0.4) is 0 Å². The van der Waals surface area contributed by atoms with Gasteiger partial charge in [0.2, 0.25) is 0 Å². The largest absolute Gasteiger partial charge is 0.371 e. The molecule has 5 nitrogen and oxygen atoms in total. The van der Waals surface area contributed by atoms with Gasteiger partial charge in [0.05, 0.1) is 8.49 Å². The first-order chi connectivity index (χ1) is 8.99. The van der Waals surface area contributed by atoms with Crippen molar-refractivity contribution in [3.05, 3.63) is 31.9 Å². The molecule has 0 saturated carbocycles. The van der Waals surface area contributed by atoms with E-state index in [2.05, 4.69) is 4.90 Å². The Bertz CT molecular complexity index is 479. The van der Waals surface area contributed by atoms with Gasteiger partial charge in [0.15, 0.2) is 0 Å². The number of nitrogens with zero attached hydrogens (tertiary/aromatic N) is 2. The topological polar surface area (TPSA) is 72.4 Å². The predicted octanol–water partition coefficient (Wildman–Crippen LogP) is 2.76. The fourth-order valence-electron chi connectivity index (χ4n) is 2.51. The number of nitro groups is 1. The molecule has 0 aliphatic carbocycles. The molecule has 1 heterocycles. The zero-order chi connectivity index (χ0) is 14.0. The number of benzene rings is 1. The Kier molecular flexibility index (Phi) is 4.62. The minimum atomic E-state index is -0.341. The molecule has 6 heteroatoms. The normalized spacial score (nSPS) is 21.2. The molecule has 1 aromatic carbocycles. The standard InChI is InChI=1S/C13H18IN3O2/c1-9(15)10-3-2-6-16(8-10)11-4-5-13(17(18)19)12(14)7-11/h4-5,7,9-10H,2-3,6,8,15H2,1H3. The van der Waals surface area contributed by atoms with Gasteiger partial charge in [-0.05, 0) is 60.4 Å². The first kappa shape index (κ1) is 14.5. The Labute approximate surface area is 126 Å². The number of anilines is 1. The quantitative estimate of drug-likeness (QED) is 0.501. The Morgan fingerprint density at radius 2 is 2.32 bits per heavy atom. The predicted molar refractivity (Wildman–Crippen MR) is 84.4 cm³/mol. The smallest absolute Gasteiger partial charge is 0.282 e. The van der Waals surface area contributed by atoms with Crippen LogP contribution in [0.4, 0.5) is 11.4 Å². The first-order valence-corrected chi connectivity index (χ1v) is 7.51. The van der Waals surface area contributed by atoms with E-state index in [0.29, 0.717) is 9.49 Å². The summed E-state index contributed by atoms with van der Waals surface area (Å²) in [7, 11) is 0. The summed E-state index contributed by atoms with van der Waals surface area (Å²) in [5.41, 5.74) is 7.21. The molecule has 104 valence electrons. The lowest BCUT2D eigenvalue weighted by atomic mass is 9.92. The lowest BCUT2D eigenvalue weighted by Gasteiger charge is -2.36. The summed E-state index contributed by atoms with van der Waals surface area (Å²) in [5.74, 6) is 0.501. The van der Waals surface area contributed by atoms with Crippen molar-refractivity contribution in [3.63, 3.8) is 0 Å². The van der Waals surface area contributed by atoms with Gasteiger partial charge in [0.1, 0.15) is 0 Å². The SMILES string of the molecule is CC(N)C1CCCN(c2ccc([N+](=O)[O-])c(I)c2)C1. The third-order valence-corrected chi connectivity index (χ3v) is 4.56. The van der Waals surface area contributed by atoms with Gasteiger partial charge in [-0.2, -0.15) is 0 Å². The van der Waals surface area contributed by atoms with Crippen molar-refractivity contribution in [2.75, 3.05) is 18.0 Å². The number of hydrogen-bond acceptors (Lipinski definition) is 4. The van der Waals surface area contributed by atoms with Gasteiger partial charge in [-0.15, -0.1) is 0 Å². The second-order valence-electron chi connectivity index (χ2n) is 5.10. The molecule has 2 unspecified atom stereocenters. The van der Waals surface area contributed by atoms with E-state index < -0.39 is 0 Å². The zero-order valence-corrected chi connectivity index (χ0v) is 13.0. The minimum absolute atomic E-state index is 0.171. The summed E-state index contributed by atoms with van der Waals surface area (Å²) in [6.07, 6.45) is 2.29. The van der Waals surface area contributed by atoms with Gasteiger partial charge in [-0.25, -0.2) is 0 Å². The number of piperidine rings is 1. The summed E-state index contributed by atoms with van der Waals surface area (Å²) >= 11 is 2.02. The highest BCUT2D eigenvalue weighted by atomic mass is 127. The molecule has 0 amide bonds. The van der Waals surface area contributed by atoms with Crippen LogP contribution in [0.5, 0.6) is 0 Å². The maximum atomic E-state index is 10.8. The molecule has 2 N–H and O–H groups in total. The van der Waals surface area contributed by atoms with Crippen LogP contribution in [0.1, 0.15) is 19.8 Å². The molecule has 1 aliphatic rings. The summed E-state index contributed by atoms with van der Waals surface area (Å²) in [6.45, 7) is 3.98. The average Bonchev–Trinajstić information content (AvgIpc) is 2.38. The van der Waals surface area contributed by atoms with Crippen molar-refractivity contribution in [2.45, 2.75) is 25.8 Å². The van der Waals surface area contributed by atoms with Crippen molar-refractivity contribution in [1.82, 2.24) is 0 Å². The Morgan fingerprint density at radius 1 is 1.58 bits per heavy atom. The van der Waals surface area contributed by atoms with Crippen LogP contribution in [-0.2, 0) is 0 Å². The molecular formula is C13H18IN3O2. The van der Waals surface area contributed by atoms with Crippen LogP contribution < -0.4 is 10.6 Å². The summed E-state index contributed by atoms with van der Waals surface area (Å²) in [6, 6.07) is 5.51. The van der Waals surface area contributed by atoms with Gasteiger partial charge in [0, 0.05) is 30.9 Å². The number of halogens is 1. The monoisotopic (exact) mass is 375 g/mol. The van der Waals surface area contributed by atoms with Crippen LogP contribution in [0.2, 0.25) is 0 Å². The maximum Gasteiger partial charge on any atom is 0.282 e. The van der Waals surface area contributed by atoms with E-state index >= 15 is 0 Å². The second-order valence-corrected chi connectivity index (χ2v) is 6.26. The molecule has 0 spiro atoms. The molecule has 2 rings (SSSR count). The van der Waals surface area contributed by atoms with E-state index in [1.165, 1.54) is 0 Å². The van der Waals surface area contributed by atoms with E-state index in [-0.39, 0.29) is 16.7 Å². The van der Waals surface area contributed by atoms with Crippen molar-refractivity contribution >= 4 is 34.0 Å². The van der Waals surface area contributed by atoms with Crippen LogP contribution in [-0.4, -0.2) is 24.1 Å². The highest BCUT2D eigenvalue weighted by molar-refractivity contribution is 14.1. The number of rotatable bonds is 3.